The number of rotatable bonds is 8. The molecule has 4 heterocycles. The Bertz CT molecular complexity index is 933. The molecule has 9 nitrogen and oxygen atoms in total. The molecule has 0 bridgehead atoms. The minimum atomic E-state index is -1.02. The molecule has 2 fully saturated rings. The highest BCUT2D eigenvalue weighted by Crippen LogP contribution is 2.24. The molecule has 2 aliphatic rings. The number of fused-ring (bicyclic) bond motifs is 1. The number of allylic oxidation sites excluding steroid dienone is 1. The summed E-state index contributed by atoms with van der Waals surface area (Å²) in [7, 11) is 0. The predicted octanol–water partition coefficient (Wildman–Crippen LogP) is 1.20. The quantitative estimate of drug-likeness (QED) is 0.363. The molecular weight excluding hydrogens is 413 g/mol. The van der Waals surface area contributed by atoms with Crippen molar-refractivity contribution in [3.63, 3.8) is 0 Å². The number of likely N-dealkylation sites (tertiary alicyclic amines) is 1. The first-order valence-electron chi connectivity index (χ1n) is 10.0. The van der Waals surface area contributed by atoms with Gasteiger partial charge < -0.3 is 25.2 Å². The van der Waals surface area contributed by atoms with Gasteiger partial charge in [0.05, 0.1) is 31.2 Å². The minimum Gasteiger partial charge on any atom is -0.477 e. The van der Waals surface area contributed by atoms with Crippen molar-refractivity contribution in [2.75, 3.05) is 38.2 Å². The molecule has 2 aromatic heterocycles. The van der Waals surface area contributed by atoms with Gasteiger partial charge in [-0.3, -0.25) is 10.2 Å². The van der Waals surface area contributed by atoms with Crippen molar-refractivity contribution in [2.45, 2.75) is 31.6 Å². The van der Waals surface area contributed by atoms with Crippen LogP contribution in [0.25, 0.3) is 11.0 Å². The molecule has 0 aromatic carbocycles. The highest BCUT2D eigenvalue weighted by molar-refractivity contribution is 6.29. The van der Waals surface area contributed by atoms with Crippen LogP contribution in [-0.2, 0) is 4.74 Å². The number of aromatic nitrogens is 3. The van der Waals surface area contributed by atoms with Crippen LogP contribution in [0.2, 0.25) is 0 Å². The Morgan fingerprint density at radius 2 is 2.37 bits per heavy atom. The van der Waals surface area contributed by atoms with E-state index in [4.69, 9.17) is 26.5 Å². The van der Waals surface area contributed by atoms with Gasteiger partial charge in [0.25, 0.3) is 0 Å². The third-order valence-corrected chi connectivity index (χ3v) is 5.76. The Morgan fingerprint density at radius 3 is 3.03 bits per heavy atom. The van der Waals surface area contributed by atoms with E-state index in [-0.39, 0.29) is 17.1 Å². The van der Waals surface area contributed by atoms with Crippen molar-refractivity contribution in [3.05, 3.63) is 23.1 Å². The van der Waals surface area contributed by atoms with E-state index in [1.807, 2.05) is 13.0 Å². The molecule has 4 rings (SSSR count). The standard InChI is InChI=1S/C19H25ClFN7O2/c1-2-30-18-12-3-5-23-17(12)26-19(27-18)25-15(7-22)16(20)24-14-4-6-28(8-13(14)21)11-9-29-10-11/h3,5,7,11,13-14,22,24H,2,4,6,8-10H2,1H3,(H2,23,25,26,27)/p+1/b16-15+,22-7?/t13-,14-/m1/s1. The van der Waals surface area contributed by atoms with Gasteiger partial charge in [0.2, 0.25) is 17.0 Å². The zero-order valence-corrected chi connectivity index (χ0v) is 17.5. The third kappa shape index (κ3) is 4.41. The SMILES string of the molecule is CCOc1nc(N/C(C=N)=C(\Cl)[NH2+][C@@H]2CCN(C3COC3)C[C@H]2F)nc2[nH]ccc12. The molecule has 2 aromatic rings. The van der Waals surface area contributed by atoms with Crippen molar-refractivity contribution in [1.29, 1.82) is 5.41 Å². The van der Waals surface area contributed by atoms with Gasteiger partial charge in [-0.25, -0.2) is 4.39 Å². The van der Waals surface area contributed by atoms with E-state index in [0.717, 1.165) is 18.1 Å². The Kier molecular flexibility index (Phi) is 6.47. The summed E-state index contributed by atoms with van der Waals surface area (Å²) in [4.78, 5) is 13.9. The molecule has 0 radical (unpaired) electrons. The number of aromatic amines is 1. The summed E-state index contributed by atoms with van der Waals surface area (Å²) in [6, 6.07) is 1.85. The van der Waals surface area contributed by atoms with Gasteiger partial charge in [-0.1, -0.05) is 0 Å². The van der Waals surface area contributed by atoms with Gasteiger partial charge >= 0.3 is 0 Å². The minimum absolute atomic E-state index is 0.245. The van der Waals surface area contributed by atoms with Crippen molar-refractivity contribution in [3.8, 4) is 5.88 Å². The lowest BCUT2D eigenvalue weighted by molar-refractivity contribution is -0.644. The normalized spacial score (nSPS) is 23.7. The highest BCUT2D eigenvalue weighted by Gasteiger charge is 2.37. The van der Waals surface area contributed by atoms with Crippen LogP contribution >= 0.6 is 11.6 Å². The van der Waals surface area contributed by atoms with Crippen LogP contribution in [-0.4, -0.2) is 77.2 Å². The number of alkyl halides is 1. The second kappa shape index (κ2) is 9.25. The van der Waals surface area contributed by atoms with Gasteiger partial charge in [0.15, 0.2) is 6.17 Å². The van der Waals surface area contributed by atoms with Crippen LogP contribution in [0, 0.1) is 5.41 Å². The second-order valence-corrected chi connectivity index (χ2v) is 7.78. The summed E-state index contributed by atoms with van der Waals surface area (Å²) in [6.45, 7) is 4.87. The number of anilines is 1. The molecule has 0 amide bonds. The topological polar surface area (TPSA) is 116 Å². The Hall–Kier alpha value is -2.27. The van der Waals surface area contributed by atoms with E-state index in [9.17, 15) is 4.39 Å². The maximum absolute atomic E-state index is 14.7. The third-order valence-electron chi connectivity index (χ3n) is 5.43. The molecule has 30 heavy (non-hydrogen) atoms. The molecule has 5 N–H and O–H groups in total. The fraction of sp³-hybridized carbons (Fsp3) is 0.526. The number of nitrogens with one attached hydrogen (secondary N) is 3. The molecule has 2 atom stereocenters. The van der Waals surface area contributed by atoms with E-state index in [2.05, 4.69) is 25.2 Å². The van der Waals surface area contributed by atoms with Crippen molar-refractivity contribution >= 4 is 34.8 Å². The maximum atomic E-state index is 14.7. The highest BCUT2D eigenvalue weighted by atomic mass is 35.5. The number of hydrogen-bond donors (Lipinski definition) is 4. The van der Waals surface area contributed by atoms with Crippen LogP contribution in [0.4, 0.5) is 10.3 Å². The van der Waals surface area contributed by atoms with Gasteiger partial charge in [0, 0.05) is 31.9 Å². The number of quaternary nitrogens is 1. The van der Waals surface area contributed by atoms with Crippen LogP contribution in [0.5, 0.6) is 5.88 Å². The Labute approximate surface area is 178 Å². The molecule has 0 spiro atoms. The molecule has 11 heteroatoms. The lowest BCUT2D eigenvalue weighted by Gasteiger charge is -2.41. The van der Waals surface area contributed by atoms with E-state index in [1.165, 1.54) is 0 Å². The van der Waals surface area contributed by atoms with Crippen molar-refractivity contribution < 1.29 is 19.2 Å². The summed E-state index contributed by atoms with van der Waals surface area (Å²) in [6.07, 6.45) is 2.48. The van der Waals surface area contributed by atoms with E-state index in [1.54, 1.807) is 11.5 Å². The first-order valence-corrected chi connectivity index (χ1v) is 10.4. The van der Waals surface area contributed by atoms with Crippen molar-refractivity contribution in [1.82, 2.24) is 19.9 Å². The maximum Gasteiger partial charge on any atom is 0.232 e. The Morgan fingerprint density at radius 1 is 1.53 bits per heavy atom. The number of H-pyrrole nitrogens is 1. The average molecular weight is 439 g/mol. The van der Waals surface area contributed by atoms with Gasteiger partial charge in [-0.05, 0) is 24.6 Å². The zero-order valence-electron chi connectivity index (χ0n) is 16.7. The number of halogens is 2. The lowest BCUT2D eigenvalue weighted by atomic mass is 10.0. The number of hydrogen-bond acceptors (Lipinski definition) is 7. The van der Waals surface area contributed by atoms with Crippen LogP contribution in [0.3, 0.4) is 0 Å². The second-order valence-electron chi connectivity index (χ2n) is 7.38. The number of nitrogens with two attached hydrogens (primary N) is 1. The molecule has 2 saturated heterocycles. The van der Waals surface area contributed by atoms with Gasteiger partial charge in [-0.2, -0.15) is 9.97 Å². The van der Waals surface area contributed by atoms with Crippen LogP contribution in [0.1, 0.15) is 13.3 Å². The van der Waals surface area contributed by atoms with Crippen molar-refractivity contribution in [2.24, 2.45) is 0 Å². The van der Waals surface area contributed by atoms with Gasteiger partial charge in [0.1, 0.15) is 17.4 Å². The number of ether oxygens (including phenoxy) is 2. The molecule has 162 valence electrons. The lowest BCUT2D eigenvalue weighted by Crippen LogP contribution is -2.91. The number of nitrogens with zero attached hydrogens (tertiary/aromatic N) is 3. The predicted molar refractivity (Wildman–Crippen MR) is 112 cm³/mol. The van der Waals surface area contributed by atoms with E-state index >= 15 is 0 Å². The molecule has 0 saturated carbocycles. The summed E-state index contributed by atoms with van der Waals surface area (Å²) in [5, 5.41) is 13.4. The first kappa shape index (κ1) is 21.0. The zero-order chi connectivity index (χ0) is 21.1. The number of piperidine rings is 1. The summed E-state index contributed by atoms with van der Waals surface area (Å²) < 4.78 is 25.5. The van der Waals surface area contributed by atoms with Gasteiger partial charge in [-0.15, -0.1) is 0 Å². The fourth-order valence-electron chi connectivity index (χ4n) is 3.68. The fourth-order valence-corrected chi connectivity index (χ4v) is 3.94. The van der Waals surface area contributed by atoms with Crippen LogP contribution in [0.15, 0.2) is 23.1 Å². The molecule has 2 aliphatic heterocycles. The first-order chi connectivity index (χ1) is 14.6. The van der Waals surface area contributed by atoms with E-state index < -0.39 is 6.17 Å². The molecule has 0 aliphatic carbocycles. The van der Waals surface area contributed by atoms with E-state index in [0.29, 0.717) is 56.1 Å². The molecule has 0 unspecified atom stereocenters. The molecular formula is C19H26ClFN7O2+. The largest absolute Gasteiger partial charge is 0.477 e. The average Bonchev–Trinajstić information content (AvgIpc) is 3.16. The monoisotopic (exact) mass is 438 g/mol. The van der Waals surface area contributed by atoms with Crippen LogP contribution < -0.4 is 15.4 Å². The summed E-state index contributed by atoms with van der Waals surface area (Å²) in [5.41, 5.74) is 0.906. The smallest absolute Gasteiger partial charge is 0.232 e. The summed E-state index contributed by atoms with van der Waals surface area (Å²) in [5.74, 6) is 0.682. The Balaban J connectivity index is 1.46. The summed E-state index contributed by atoms with van der Waals surface area (Å²) >= 11 is 6.45.